The molecule has 0 radical (unpaired) electrons. The first kappa shape index (κ1) is 26.9. The predicted octanol–water partition coefficient (Wildman–Crippen LogP) is 5.45. The summed E-state index contributed by atoms with van der Waals surface area (Å²) in [6.07, 6.45) is 0.592. The highest BCUT2D eigenvalue weighted by molar-refractivity contribution is 7.89. The molecule has 8 heteroatoms. The number of hydrogen-bond acceptors (Lipinski definition) is 4. The average molecular weight is 515 g/mol. The highest BCUT2D eigenvalue weighted by Gasteiger charge is 2.31. The molecule has 0 bridgehead atoms. The van der Waals surface area contributed by atoms with Crippen LogP contribution in [0.2, 0.25) is 5.02 Å². The lowest BCUT2D eigenvalue weighted by Gasteiger charge is -2.31. The van der Waals surface area contributed by atoms with Gasteiger partial charge in [0, 0.05) is 30.3 Å². The molecule has 3 aromatic rings. The van der Waals surface area contributed by atoms with Crippen LogP contribution in [0.15, 0.2) is 83.8 Å². The van der Waals surface area contributed by atoms with E-state index in [4.69, 9.17) is 16.3 Å². The van der Waals surface area contributed by atoms with Crippen LogP contribution in [0.1, 0.15) is 47.8 Å². The van der Waals surface area contributed by atoms with E-state index in [0.29, 0.717) is 23.6 Å². The molecule has 0 aliphatic heterocycles. The highest BCUT2D eigenvalue weighted by atomic mass is 35.5. The maximum atomic E-state index is 13.8. The minimum atomic E-state index is -3.84. The maximum Gasteiger partial charge on any atom is 0.251 e. The first-order chi connectivity index (χ1) is 16.8. The molecule has 0 aromatic heterocycles. The minimum absolute atomic E-state index is 0.122. The molecule has 0 fully saturated rings. The Morgan fingerprint density at radius 1 is 1.00 bits per heavy atom. The van der Waals surface area contributed by atoms with E-state index < -0.39 is 10.0 Å². The molecule has 1 N–H and O–H groups in total. The lowest BCUT2D eigenvalue weighted by atomic mass is 10.0. The normalized spacial score (nSPS) is 13.4. The Kier molecular flexibility index (Phi) is 9.46. The Morgan fingerprint density at radius 2 is 1.63 bits per heavy atom. The van der Waals surface area contributed by atoms with Crippen LogP contribution in [0.25, 0.3) is 0 Å². The topological polar surface area (TPSA) is 75.7 Å². The largest absolute Gasteiger partial charge is 0.383 e. The van der Waals surface area contributed by atoms with Crippen LogP contribution in [-0.4, -0.2) is 38.4 Å². The standard InChI is InChI=1S/C27H31ClN2O4S/c1-4-26(22-8-6-5-7-9-22)30(35(32,33)25-16-14-24(28)15-17-25)18-21-10-12-23(13-11-21)27(31)29-20(2)19-34-3/h5-17,20,26H,4,18-19H2,1-3H3,(H,29,31)/t20-,26+/m1/s1. The van der Waals surface area contributed by atoms with Crippen molar-refractivity contribution in [3.05, 3.63) is 101 Å². The summed E-state index contributed by atoms with van der Waals surface area (Å²) in [5, 5.41) is 3.35. The van der Waals surface area contributed by atoms with E-state index in [-0.39, 0.29) is 29.4 Å². The lowest BCUT2D eigenvalue weighted by molar-refractivity contribution is 0.0905. The third-order valence-corrected chi connectivity index (χ3v) is 7.81. The van der Waals surface area contributed by atoms with Crippen LogP contribution in [0, 0.1) is 0 Å². The molecular formula is C27H31ClN2O4S. The second-order valence-corrected chi connectivity index (χ2v) is 10.7. The molecular weight excluding hydrogens is 484 g/mol. The number of nitrogens with one attached hydrogen (secondary N) is 1. The van der Waals surface area contributed by atoms with Gasteiger partial charge in [-0.2, -0.15) is 4.31 Å². The number of benzene rings is 3. The summed E-state index contributed by atoms with van der Waals surface area (Å²) in [6.45, 7) is 4.40. The third-order valence-electron chi connectivity index (χ3n) is 5.69. The van der Waals surface area contributed by atoms with E-state index in [1.807, 2.05) is 44.2 Å². The number of halogens is 1. The van der Waals surface area contributed by atoms with Gasteiger partial charge in [-0.15, -0.1) is 0 Å². The second kappa shape index (κ2) is 12.3. The molecule has 35 heavy (non-hydrogen) atoms. The number of methoxy groups -OCH3 is 1. The molecule has 0 unspecified atom stereocenters. The first-order valence-corrected chi connectivity index (χ1v) is 13.3. The first-order valence-electron chi connectivity index (χ1n) is 11.5. The van der Waals surface area contributed by atoms with Crippen molar-refractivity contribution >= 4 is 27.5 Å². The lowest BCUT2D eigenvalue weighted by Crippen LogP contribution is -2.35. The number of hydrogen-bond donors (Lipinski definition) is 1. The zero-order valence-electron chi connectivity index (χ0n) is 20.1. The smallest absolute Gasteiger partial charge is 0.251 e. The van der Waals surface area contributed by atoms with Gasteiger partial charge in [0.1, 0.15) is 0 Å². The molecule has 0 saturated heterocycles. The third kappa shape index (κ3) is 6.92. The van der Waals surface area contributed by atoms with E-state index in [1.165, 1.54) is 16.4 Å². The SMILES string of the molecule is CC[C@@H](c1ccccc1)N(Cc1ccc(C(=O)N[C@H](C)COC)cc1)S(=O)(=O)c1ccc(Cl)cc1. The van der Waals surface area contributed by atoms with Crippen molar-refractivity contribution in [3.8, 4) is 0 Å². The van der Waals surface area contributed by atoms with Crippen molar-refractivity contribution in [2.24, 2.45) is 0 Å². The van der Waals surface area contributed by atoms with Crippen molar-refractivity contribution in [1.82, 2.24) is 9.62 Å². The number of rotatable bonds is 11. The second-order valence-electron chi connectivity index (χ2n) is 8.37. The summed E-state index contributed by atoms with van der Waals surface area (Å²) >= 11 is 6.00. The molecule has 6 nitrogen and oxygen atoms in total. The maximum absolute atomic E-state index is 13.8. The number of amides is 1. The van der Waals surface area contributed by atoms with E-state index in [2.05, 4.69) is 5.32 Å². The molecule has 0 spiro atoms. The molecule has 0 saturated carbocycles. The van der Waals surface area contributed by atoms with Crippen molar-refractivity contribution < 1.29 is 17.9 Å². The van der Waals surface area contributed by atoms with E-state index in [0.717, 1.165) is 11.1 Å². The number of carbonyl (C=O) groups excluding carboxylic acids is 1. The van der Waals surface area contributed by atoms with Crippen molar-refractivity contribution in [3.63, 3.8) is 0 Å². The van der Waals surface area contributed by atoms with Crippen molar-refractivity contribution in [2.75, 3.05) is 13.7 Å². The molecule has 3 aromatic carbocycles. The van der Waals surface area contributed by atoms with Crippen molar-refractivity contribution in [2.45, 2.75) is 43.8 Å². The van der Waals surface area contributed by atoms with Crippen LogP contribution < -0.4 is 5.32 Å². The van der Waals surface area contributed by atoms with Gasteiger partial charge in [-0.3, -0.25) is 4.79 Å². The van der Waals surface area contributed by atoms with Gasteiger partial charge in [-0.25, -0.2) is 8.42 Å². The number of ether oxygens (including phenoxy) is 1. The summed E-state index contributed by atoms with van der Waals surface area (Å²) in [4.78, 5) is 12.7. The Hall–Kier alpha value is -2.71. The predicted molar refractivity (Wildman–Crippen MR) is 139 cm³/mol. The van der Waals surface area contributed by atoms with Gasteiger partial charge in [0.15, 0.2) is 0 Å². The fraction of sp³-hybridized carbons (Fsp3) is 0.296. The van der Waals surface area contributed by atoms with Crippen LogP contribution in [0.3, 0.4) is 0 Å². The molecule has 3 rings (SSSR count). The quantitative estimate of drug-likeness (QED) is 0.369. The molecule has 2 atom stereocenters. The molecule has 0 aliphatic carbocycles. The van der Waals surface area contributed by atoms with Gasteiger partial charge in [-0.1, -0.05) is 61.0 Å². The van der Waals surface area contributed by atoms with E-state index in [1.54, 1.807) is 43.5 Å². The van der Waals surface area contributed by atoms with Crippen LogP contribution in [0.4, 0.5) is 0 Å². The van der Waals surface area contributed by atoms with Crippen molar-refractivity contribution in [1.29, 1.82) is 0 Å². The van der Waals surface area contributed by atoms with Gasteiger partial charge >= 0.3 is 0 Å². The Balaban J connectivity index is 1.93. The summed E-state index contributed by atoms with van der Waals surface area (Å²) in [5.74, 6) is -0.206. The zero-order chi connectivity index (χ0) is 25.4. The molecule has 0 aliphatic rings. The summed E-state index contributed by atoms with van der Waals surface area (Å²) in [6, 6.07) is 22.3. The summed E-state index contributed by atoms with van der Waals surface area (Å²) < 4.78 is 34.2. The Morgan fingerprint density at radius 3 is 2.20 bits per heavy atom. The van der Waals surface area contributed by atoms with Gasteiger partial charge in [0.25, 0.3) is 5.91 Å². The molecule has 186 valence electrons. The molecule has 0 heterocycles. The van der Waals surface area contributed by atoms with E-state index in [9.17, 15) is 13.2 Å². The minimum Gasteiger partial charge on any atom is -0.383 e. The highest BCUT2D eigenvalue weighted by Crippen LogP contribution is 2.32. The summed E-state index contributed by atoms with van der Waals surface area (Å²) in [5.41, 5.74) is 2.19. The van der Waals surface area contributed by atoms with Gasteiger partial charge in [0.05, 0.1) is 17.5 Å². The molecule has 1 amide bonds. The monoisotopic (exact) mass is 514 g/mol. The fourth-order valence-corrected chi connectivity index (χ4v) is 5.73. The van der Waals surface area contributed by atoms with Gasteiger partial charge in [-0.05, 0) is 60.9 Å². The summed E-state index contributed by atoms with van der Waals surface area (Å²) in [7, 11) is -2.26. The Labute approximate surface area is 212 Å². The Bertz CT molecular complexity index is 1200. The zero-order valence-corrected chi connectivity index (χ0v) is 21.7. The van der Waals surface area contributed by atoms with Crippen LogP contribution >= 0.6 is 11.6 Å². The average Bonchev–Trinajstić information content (AvgIpc) is 2.85. The van der Waals surface area contributed by atoms with E-state index >= 15 is 0 Å². The number of sulfonamides is 1. The fourth-order valence-electron chi connectivity index (χ4n) is 3.93. The van der Waals surface area contributed by atoms with Crippen LogP contribution in [0.5, 0.6) is 0 Å². The van der Waals surface area contributed by atoms with Crippen LogP contribution in [-0.2, 0) is 21.3 Å². The van der Waals surface area contributed by atoms with Gasteiger partial charge < -0.3 is 10.1 Å². The number of nitrogens with zero attached hydrogens (tertiary/aromatic N) is 1. The number of carbonyl (C=O) groups is 1. The van der Waals surface area contributed by atoms with Gasteiger partial charge in [0.2, 0.25) is 10.0 Å².